The maximum Gasteiger partial charge on any atom is 0.201 e. The van der Waals surface area contributed by atoms with Crippen LogP contribution in [0.5, 0.6) is 5.75 Å². The van der Waals surface area contributed by atoms with Gasteiger partial charge in [0.15, 0.2) is 34.8 Å². The highest BCUT2D eigenvalue weighted by Crippen LogP contribution is 2.37. The monoisotopic (exact) mass is 508 g/mol. The Morgan fingerprint density at radius 3 is 2.00 bits per heavy atom. The molecule has 1 fully saturated rings. The third-order valence-corrected chi connectivity index (χ3v) is 6.69. The molecule has 0 atom stereocenters. The van der Waals surface area contributed by atoms with E-state index in [2.05, 4.69) is 0 Å². The predicted octanol–water partition coefficient (Wildman–Crippen LogP) is 8.14. The lowest BCUT2D eigenvalue weighted by atomic mass is 9.82. The molecule has 1 saturated carbocycles. The van der Waals surface area contributed by atoms with E-state index in [0.29, 0.717) is 31.2 Å². The van der Waals surface area contributed by atoms with Gasteiger partial charge in [0.1, 0.15) is 0 Å². The summed E-state index contributed by atoms with van der Waals surface area (Å²) in [6.45, 7) is 3.02. The molecule has 0 spiro atoms. The topological polar surface area (TPSA) is 18.5 Å². The molecule has 1 aliphatic rings. The zero-order chi connectivity index (χ0) is 26.0. The fraction of sp³-hybridized carbons (Fsp3) is 0.357. The Kier molecular flexibility index (Phi) is 7.93. The van der Waals surface area contributed by atoms with Crippen LogP contribution in [0.2, 0.25) is 0 Å². The summed E-state index contributed by atoms with van der Waals surface area (Å²) in [7, 11) is 0. The van der Waals surface area contributed by atoms with Gasteiger partial charge in [-0.15, -0.1) is 0 Å². The van der Waals surface area contributed by atoms with Crippen LogP contribution in [0.25, 0.3) is 11.1 Å². The standard InChI is InChI=1S/C28H26F6O2/c1-3-35-22-13-12-21(27(33)28(22)34)20-11-7-17(24(30)26(20)32)14-36-18-8-5-16(6-9-18)19-10-4-15(2)23(29)25(19)31/h4,7,10-13,16,18H,3,5-6,8-9,14H2,1-2H3. The van der Waals surface area contributed by atoms with Gasteiger partial charge in [0.25, 0.3) is 0 Å². The summed E-state index contributed by atoms with van der Waals surface area (Å²) >= 11 is 0. The van der Waals surface area contributed by atoms with Gasteiger partial charge >= 0.3 is 0 Å². The number of ether oxygens (including phenoxy) is 2. The number of aryl methyl sites for hydroxylation is 1. The van der Waals surface area contributed by atoms with Crippen molar-refractivity contribution >= 4 is 0 Å². The van der Waals surface area contributed by atoms with Gasteiger partial charge in [0.2, 0.25) is 5.82 Å². The van der Waals surface area contributed by atoms with Crippen LogP contribution in [0.1, 0.15) is 55.2 Å². The van der Waals surface area contributed by atoms with Gasteiger partial charge in [-0.2, -0.15) is 4.39 Å². The van der Waals surface area contributed by atoms with Gasteiger partial charge in [0, 0.05) is 16.7 Å². The van der Waals surface area contributed by atoms with E-state index in [1.807, 2.05) is 0 Å². The van der Waals surface area contributed by atoms with E-state index in [1.165, 1.54) is 25.1 Å². The number of hydrogen-bond donors (Lipinski definition) is 0. The van der Waals surface area contributed by atoms with Crippen molar-refractivity contribution in [1.82, 2.24) is 0 Å². The first kappa shape index (κ1) is 26.1. The Balaban J connectivity index is 1.41. The highest BCUT2D eigenvalue weighted by atomic mass is 19.2. The van der Waals surface area contributed by atoms with Crippen LogP contribution in [0, 0.1) is 41.8 Å². The molecule has 0 unspecified atom stereocenters. The number of hydrogen-bond acceptors (Lipinski definition) is 2. The Hall–Kier alpha value is -3.00. The van der Waals surface area contributed by atoms with Crippen molar-refractivity contribution in [2.24, 2.45) is 0 Å². The smallest absolute Gasteiger partial charge is 0.201 e. The first-order chi connectivity index (χ1) is 17.2. The van der Waals surface area contributed by atoms with E-state index < -0.39 is 46.0 Å². The summed E-state index contributed by atoms with van der Waals surface area (Å²) in [5.74, 6) is -7.21. The van der Waals surface area contributed by atoms with Crippen molar-refractivity contribution in [3.8, 4) is 16.9 Å². The van der Waals surface area contributed by atoms with Gasteiger partial charge in [-0.1, -0.05) is 24.3 Å². The summed E-state index contributed by atoms with van der Waals surface area (Å²) in [6, 6.07) is 7.93. The van der Waals surface area contributed by atoms with Crippen molar-refractivity contribution in [2.45, 2.75) is 58.2 Å². The number of benzene rings is 3. The molecule has 0 aromatic heterocycles. The minimum atomic E-state index is -1.33. The molecular formula is C28H26F6O2. The molecule has 0 radical (unpaired) electrons. The van der Waals surface area contributed by atoms with E-state index in [-0.39, 0.29) is 42.1 Å². The molecule has 8 heteroatoms. The Bertz CT molecular complexity index is 1250. The molecule has 3 aromatic rings. The van der Waals surface area contributed by atoms with Crippen LogP contribution < -0.4 is 4.74 Å². The summed E-state index contributed by atoms with van der Waals surface area (Å²) < 4.78 is 97.2. The fourth-order valence-corrected chi connectivity index (χ4v) is 4.64. The quantitative estimate of drug-likeness (QED) is 0.300. The molecule has 0 heterocycles. The van der Waals surface area contributed by atoms with Gasteiger partial charge in [-0.05, 0) is 68.7 Å². The lowest BCUT2D eigenvalue weighted by Crippen LogP contribution is -2.21. The second-order valence-electron chi connectivity index (χ2n) is 8.96. The molecular weight excluding hydrogens is 482 g/mol. The first-order valence-corrected chi connectivity index (χ1v) is 11.9. The minimum Gasteiger partial charge on any atom is -0.491 e. The van der Waals surface area contributed by atoms with E-state index >= 15 is 0 Å². The fourth-order valence-electron chi connectivity index (χ4n) is 4.64. The van der Waals surface area contributed by atoms with Crippen molar-refractivity contribution in [3.05, 3.63) is 88.0 Å². The third-order valence-electron chi connectivity index (χ3n) is 6.69. The second kappa shape index (κ2) is 10.9. The van der Waals surface area contributed by atoms with Crippen molar-refractivity contribution in [2.75, 3.05) is 6.61 Å². The lowest BCUT2D eigenvalue weighted by Gasteiger charge is -2.29. The van der Waals surface area contributed by atoms with Crippen LogP contribution in [-0.4, -0.2) is 12.7 Å². The molecule has 0 saturated heterocycles. The summed E-state index contributed by atoms with van der Waals surface area (Å²) in [5, 5.41) is 0. The van der Waals surface area contributed by atoms with E-state index in [4.69, 9.17) is 9.47 Å². The zero-order valence-electron chi connectivity index (χ0n) is 19.9. The molecule has 4 rings (SSSR count). The van der Waals surface area contributed by atoms with Crippen LogP contribution in [0.15, 0.2) is 36.4 Å². The summed E-state index contributed by atoms with van der Waals surface area (Å²) in [6.07, 6.45) is 2.00. The normalized spacial score (nSPS) is 17.9. The van der Waals surface area contributed by atoms with Crippen LogP contribution >= 0.6 is 0 Å². The number of rotatable bonds is 7. The highest BCUT2D eigenvalue weighted by Gasteiger charge is 2.27. The largest absolute Gasteiger partial charge is 0.491 e. The highest BCUT2D eigenvalue weighted by molar-refractivity contribution is 5.66. The van der Waals surface area contributed by atoms with Gasteiger partial charge in [-0.25, -0.2) is 22.0 Å². The van der Waals surface area contributed by atoms with Crippen molar-refractivity contribution in [3.63, 3.8) is 0 Å². The van der Waals surface area contributed by atoms with Crippen molar-refractivity contribution < 1.29 is 35.8 Å². The molecule has 192 valence electrons. The Labute approximate surface area is 205 Å². The average Bonchev–Trinajstić information content (AvgIpc) is 2.87. The Morgan fingerprint density at radius 1 is 0.694 bits per heavy atom. The maximum atomic E-state index is 14.8. The molecule has 36 heavy (non-hydrogen) atoms. The molecule has 1 aliphatic carbocycles. The first-order valence-electron chi connectivity index (χ1n) is 11.9. The molecule has 0 aliphatic heterocycles. The van der Waals surface area contributed by atoms with E-state index in [9.17, 15) is 26.3 Å². The SMILES string of the molecule is CCOc1ccc(-c2ccc(COC3CCC(c4ccc(C)c(F)c4F)CC3)c(F)c2F)c(F)c1F. The van der Waals surface area contributed by atoms with E-state index in [1.54, 1.807) is 19.1 Å². The van der Waals surface area contributed by atoms with Gasteiger partial charge < -0.3 is 9.47 Å². The van der Waals surface area contributed by atoms with Crippen LogP contribution in [0.4, 0.5) is 26.3 Å². The van der Waals surface area contributed by atoms with Gasteiger partial charge in [-0.3, -0.25) is 0 Å². The number of halogens is 6. The zero-order valence-corrected chi connectivity index (χ0v) is 19.9. The predicted molar refractivity (Wildman–Crippen MR) is 124 cm³/mol. The third kappa shape index (κ3) is 5.09. The molecule has 0 amide bonds. The van der Waals surface area contributed by atoms with Crippen LogP contribution in [-0.2, 0) is 11.3 Å². The summed E-state index contributed by atoms with van der Waals surface area (Å²) in [4.78, 5) is 0. The maximum absolute atomic E-state index is 14.8. The van der Waals surface area contributed by atoms with E-state index in [0.717, 1.165) is 6.07 Å². The second-order valence-corrected chi connectivity index (χ2v) is 8.96. The minimum absolute atomic E-state index is 0.0585. The molecule has 0 N–H and O–H groups in total. The molecule has 3 aromatic carbocycles. The lowest BCUT2D eigenvalue weighted by molar-refractivity contribution is 0.0116. The molecule has 0 bridgehead atoms. The van der Waals surface area contributed by atoms with Gasteiger partial charge in [0.05, 0.1) is 19.3 Å². The summed E-state index contributed by atoms with van der Waals surface area (Å²) in [5.41, 5.74) is -0.291. The average molecular weight is 509 g/mol. The van der Waals surface area contributed by atoms with Crippen molar-refractivity contribution in [1.29, 1.82) is 0 Å². The molecule has 2 nitrogen and oxygen atoms in total. The Morgan fingerprint density at radius 2 is 1.33 bits per heavy atom. The van der Waals surface area contributed by atoms with Crippen LogP contribution in [0.3, 0.4) is 0 Å².